The van der Waals surface area contributed by atoms with E-state index in [4.69, 9.17) is 4.74 Å². The third kappa shape index (κ3) is 2.80. The smallest absolute Gasteiger partial charge is 0.119 e. The summed E-state index contributed by atoms with van der Waals surface area (Å²) in [6, 6.07) is 17.2. The predicted octanol–water partition coefficient (Wildman–Crippen LogP) is 4.61. The molecule has 1 aromatic heterocycles. The van der Waals surface area contributed by atoms with Crippen LogP contribution in [0.15, 0.2) is 53.9 Å². The summed E-state index contributed by atoms with van der Waals surface area (Å²) in [7, 11) is 2.00. The first-order valence-corrected chi connectivity index (χ1v) is 8.07. The van der Waals surface area contributed by atoms with Crippen LogP contribution in [-0.4, -0.2) is 13.7 Å². The molecular formula is C18H19NOS. The SMILES string of the molecule is CCOc1cccc(C(NC)c2cccc3ccsc23)c1. The van der Waals surface area contributed by atoms with Crippen LogP contribution in [0, 0.1) is 0 Å². The van der Waals surface area contributed by atoms with E-state index in [1.165, 1.54) is 21.2 Å². The molecule has 0 saturated carbocycles. The number of ether oxygens (including phenoxy) is 1. The summed E-state index contributed by atoms with van der Waals surface area (Å²) in [5.41, 5.74) is 2.54. The maximum atomic E-state index is 5.62. The molecule has 0 saturated heterocycles. The van der Waals surface area contributed by atoms with Crippen LogP contribution in [0.25, 0.3) is 10.1 Å². The van der Waals surface area contributed by atoms with E-state index in [2.05, 4.69) is 53.2 Å². The molecule has 0 spiro atoms. The summed E-state index contributed by atoms with van der Waals surface area (Å²) in [6.45, 7) is 2.70. The lowest BCUT2D eigenvalue weighted by Crippen LogP contribution is -2.17. The Morgan fingerprint density at radius 2 is 2.00 bits per heavy atom. The maximum Gasteiger partial charge on any atom is 0.119 e. The van der Waals surface area contributed by atoms with E-state index in [0.29, 0.717) is 6.61 Å². The molecule has 0 fully saturated rings. The molecule has 0 amide bonds. The molecule has 3 aromatic rings. The van der Waals surface area contributed by atoms with Crippen LogP contribution in [0.5, 0.6) is 5.75 Å². The molecular weight excluding hydrogens is 278 g/mol. The van der Waals surface area contributed by atoms with Crippen LogP contribution >= 0.6 is 11.3 Å². The van der Waals surface area contributed by atoms with E-state index in [1.807, 2.05) is 20.0 Å². The van der Waals surface area contributed by atoms with Gasteiger partial charge in [0.15, 0.2) is 0 Å². The molecule has 0 radical (unpaired) electrons. The largest absolute Gasteiger partial charge is 0.494 e. The summed E-state index contributed by atoms with van der Waals surface area (Å²) < 4.78 is 6.97. The molecule has 2 nitrogen and oxygen atoms in total. The van der Waals surface area contributed by atoms with Crippen molar-refractivity contribution in [3.8, 4) is 5.75 Å². The van der Waals surface area contributed by atoms with Crippen LogP contribution in [0.4, 0.5) is 0 Å². The first kappa shape index (κ1) is 14.1. The van der Waals surface area contributed by atoms with Gasteiger partial charge in [0.2, 0.25) is 0 Å². The molecule has 1 N–H and O–H groups in total. The zero-order chi connectivity index (χ0) is 14.7. The molecule has 1 atom stereocenters. The number of benzene rings is 2. The minimum absolute atomic E-state index is 0.174. The quantitative estimate of drug-likeness (QED) is 0.742. The van der Waals surface area contributed by atoms with Crippen LogP contribution in [0.2, 0.25) is 0 Å². The number of hydrogen-bond acceptors (Lipinski definition) is 3. The molecule has 1 unspecified atom stereocenters. The Balaban J connectivity index is 2.05. The van der Waals surface area contributed by atoms with Gasteiger partial charge in [0.25, 0.3) is 0 Å². The zero-order valence-corrected chi connectivity index (χ0v) is 13.1. The Morgan fingerprint density at radius 3 is 2.81 bits per heavy atom. The number of fused-ring (bicyclic) bond motifs is 1. The highest BCUT2D eigenvalue weighted by atomic mass is 32.1. The average Bonchev–Trinajstić information content (AvgIpc) is 2.98. The normalized spacial score (nSPS) is 12.5. The lowest BCUT2D eigenvalue weighted by Gasteiger charge is -2.19. The first-order chi connectivity index (χ1) is 10.3. The van der Waals surface area contributed by atoms with Crippen LogP contribution in [0.1, 0.15) is 24.1 Å². The second kappa shape index (κ2) is 6.29. The second-order valence-corrected chi connectivity index (χ2v) is 5.83. The number of thiophene rings is 1. The second-order valence-electron chi connectivity index (χ2n) is 4.91. The van der Waals surface area contributed by atoms with Gasteiger partial charge in [-0.1, -0.05) is 30.3 Å². The van der Waals surface area contributed by atoms with Gasteiger partial charge >= 0.3 is 0 Å². The Kier molecular flexibility index (Phi) is 4.23. The van der Waals surface area contributed by atoms with Crippen molar-refractivity contribution in [1.29, 1.82) is 0 Å². The summed E-state index contributed by atoms with van der Waals surface area (Å²) in [4.78, 5) is 0. The highest BCUT2D eigenvalue weighted by Gasteiger charge is 2.16. The average molecular weight is 297 g/mol. The van der Waals surface area contributed by atoms with Crippen molar-refractivity contribution in [3.63, 3.8) is 0 Å². The van der Waals surface area contributed by atoms with Gasteiger partial charge in [0.1, 0.15) is 5.75 Å². The first-order valence-electron chi connectivity index (χ1n) is 7.19. The van der Waals surface area contributed by atoms with Gasteiger partial charge in [-0.2, -0.15) is 0 Å². The minimum atomic E-state index is 0.174. The molecule has 3 heteroatoms. The van der Waals surface area contributed by atoms with Gasteiger partial charge in [-0.25, -0.2) is 0 Å². The van der Waals surface area contributed by atoms with Crippen LogP contribution < -0.4 is 10.1 Å². The molecule has 0 bridgehead atoms. The fraction of sp³-hybridized carbons (Fsp3) is 0.222. The standard InChI is InChI=1S/C18H19NOS/c1-3-20-15-8-4-7-14(12-15)17(19-2)16-9-5-6-13-10-11-21-18(13)16/h4-12,17,19H,3H2,1-2H3. The van der Waals surface area contributed by atoms with Gasteiger partial charge < -0.3 is 10.1 Å². The predicted molar refractivity (Wildman–Crippen MR) is 90.3 cm³/mol. The molecule has 1 heterocycles. The van der Waals surface area contributed by atoms with Gasteiger partial charge in [-0.3, -0.25) is 0 Å². The van der Waals surface area contributed by atoms with Crippen molar-refractivity contribution in [2.24, 2.45) is 0 Å². The topological polar surface area (TPSA) is 21.3 Å². The monoisotopic (exact) mass is 297 g/mol. The van der Waals surface area contributed by atoms with Gasteiger partial charge in [-0.05, 0) is 54.1 Å². The van der Waals surface area contributed by atoms with Crippen LogP contribution in [-0.2, 0) is 0 Å². The van der Waals surface area contributed by atoms with E-state index in [1.54, 1.807) is 11.3 Å². The Morgan fingerprint density at radius 1 is 1.14 bits per heavy atom. The lowest BCUT2D eigenvalue weighted by atomic mass is 9.97. The molecule has 2 aromatic carbocycles. The summed E-state index contributed by atoms with van der Waals surface area (Å²) in [5, 5.41) is 6.89. The Hall–Kier alpha value is -1.84. The molecule has 0 aliphatic carbocycles. The van der Waals surface area contributed by atoms with Crippen LogP contribution in [0.3, 0.4) is 0 Å². The highest BCUT2D eigenvalue weighted by Crippen LogP contribution is 2.33. The fourth-order valence-electron chi connectivity index (χ4n) is 2.70. The van der Waals surface area contributed by atoms with Gasteiger partial charge in [0.05, 0.1) is 12.6 Å². The van der Waals surface area contributed by atoms with E-state index in [9.17, 15) is 0 Å². The number of rotatable bonds is 5. The van der Waals surface area contributed by atoms with E-state index in [-0.39, 0.29) is 6.04 Å². The Bertz CT molecular complexity index is 735. The zero-order valence-electron chi connectivity index (χ0n) is 12.3. The third-order valence-electron chi connectivity index (χ3n) is 3.61. The van der Waals surface area contributed by atoms with Crippen molar-refractivity contribution in [2.75, 3.05) is 13.7 Å². The van der Waals surface area contributed by atoms with Crippen molar-refractivity contribution in [3.05, 3.63) is 65.0 Å². The minimum Gasteiger partial charge on any atom is -0.494 e. The molecule has 0 aliphatic rings. The Labute approximate surface area is 129 Å². The molecule has 108 valence electrons. The summed E-state index contributed by atoms with van der Waals surface area (Å²) >= 11 is 1.80. The van der Waals surface area contributed by atoms with Crippen molar-refractivity contribution in [2.45, 2.75) is 13.0 Å². The van der Waals surface area contributed by atoms with E-state index < -0.39 is 0 Å². The van der Waals surface area contributed by atoms with E-state index >= 15 is 0 Å². The molecule has 21 heavy (non-hydrogen) atoms. The maximum absolute atomic E-state index is 5.62. The summed E-state index contributed by atoms with van der Waals surface area (Å²) in [5.74, 6) is 0.925. The number of hydrogen-bond donors (Lipinski definition) is 1. The summed E-state index contributed by atoms with van der Waals surface area (Å²) in [6.07, 6.45) is 0. The van der Waals surface area contributed by atoms with Gasteiger partial charge in [-0.15, -0.1) is 11.3 Å². The lowest BCUT2D eigenvalue weighted by molar-refractivity contribution is 0.339. The molecule has 3 rings (SSSR count). The third-order valence-corrected chi connectivity index (χ3v) is 4.59. The van der Waals surface area contributed by atoms with Crippen molar-refractivity contribution < 1.29 is 4.74 Å². The van der Waals surface area contributed by atoms with Crippen molar-refractivity contribution >= 4 is 21.4 Å². The van der Waals surface area contributed by atoms with E-state index in [0.717, 1.165) is 5.75 Å². The molecule has 0 aliphatic heterocycles. The highest BCUT2D eigenvalue weighted by molar-refractivity contribution is 7.17. The van der Waals surface area contributed by atoms with Gasteiger partial charge in [0, 0.05) is 4.70 Å². The number of nitrogens with one attached hydrogen (secondary N) is 1. The van der Waals surface area contributed by atoms with Crippen molar-refractivity contribution in [1.82, 2.24) is 5.32 Å². The fourth-order valence-corrected chi connectivity index (χ4v) is 3.64.